The maximum absolute atomic E-state index is 12.4. The van der Waals surface area contributed by atoms with Gasteiger partial charge in [0, 0.05) is 51.0 Å². The molecule has 0 saturated carbocycles. The summed E-state index contributed by atoms with van der Waals surface area (Å²) in [6.07, 6.45) is 3.91. The quantitative estimate of drug-likeness (QED) is 0.575. The number of fused-ring (bicyclic) bond motifs is 1. The van der Waals surface area contributed by atoms with Crippen LogP contribution < -0.4 is 5.32 Å². The zero-order chi connectivity index (χ0) is 20.8. The summed E-state index contributed by atoms with van der Waals surface area (Å²) >= 11 is 0. The number of hydrogen-bond donors (Lipinski definition) is 2. The molecule has 0 atom stereocenters. The minimum Gasteiger partial charge on any atom is -0.465 e. The van der Waals surface area contributed by atoms with E-state index in [9.17, 15) is 14.4 Å². The maximum atomic E-state index is 12.4. The van der Waals surface area contributed by atoms with Crippen molar-refractivity contribution < 1.29 is 19.5 Å². The summed E-state index contributed by atoms with van der Waals surface area (Å²) in [6, 6.07) is 5.75. The predicted octanol–water partition coefficient (Wildman–Crippen LogP) is 1.45. The van der Waals surface area contributed by atoms with Crippen LogP contribution in [0.25, 0.3) is 0 Å². The molecule has 6 rings (SSSR count). The molecule has 0 unspecified atom stereocenters. The highest BCUT2D eigenvalue weighted by molar-refractivity contribution is 6.22. The normalized spacial score (nSPS) is 21.1. The van der Waals surface area contributed by atoms with Gasteiger partial charge in [0.25, 0.3) is 0 Å². The Labute approximate surface area is 174 Å². The number of rotatable bonds is 4. The van der Waals surface area contributed by atoms with Gasteiger partial charge in [-0.3, -0.25) is 14.9 Å². The molecule has 156 valence electrons. The first kappa shape index (κ1) is 18.7. The maximum Gasteiger partial charge on any atom is 0.409 e. The Kier molecular flexibility index (Phi) is 4.49. The second kappa shape index (κ2) is 7.19. The lowest BCUT2D eigenvalue weighted by Crippen LogP contribution is -2.29. The molecule has 3 saturated heterocycles. The SMILES string of the molecule is O=C(O)Nc1ccc2c(c1)CCC2.O=C1C=C(N2CC2)C(=O)C(N2CC2)=C1N1CC1. The lowest BCUT2D eigenvalue weighted by molar-refractivity contribution is -0.117. The number of allylic oxidation sites excluding steroid dienone is 1. The standard InChI is InChI=1S/C12H13N3O2.C10H11NO2/c16-9-7-8(13-1-2-13)12(17)11(15-5-6-15)10(9)14-3-4-14;12-10(13)11-9-5-4-7-2-1-3-8(7)6-9/h7H,1-6H2;4-6,11H,1-3H2,(H,12,13). The first-order chi connectivity index (χ1) is 14.5. The summed E-state index contributed by atoms with van der Waals surface area (Å²) in [6.45, 7) is 5.41. The third-order valence-corrected chi connectivity index (χ3v) is 5.84. The zero-order valence-corrected chi connectivity index (χ0v) is 16.7. The number of nitrogens with one attached hydrogen (secondary N) is 1. The highest BCUT2D eigenvalue weighted by atomic mass is 16.4. The fourth-order valence-electron chi connectivity index (χ4n) is 4.05. The van der Waals surface area contributed by atoms with Crippen LogP contribution in [0.1, 0.15) is 17.5 Å². The molecule has 3 heterocycles. The van der Waals surface area contributed by atoms with Crippen molar-refractivity contribution in [3.63, 3.8) is 0 Å². The van der Waals surface area contributed by atoms with Crippen LogP contribution in [0.15, 0.2) is 41.4 Å². The molecule has 3 fully saturated rings. The molecule has 1 amide bonds. The monoisotopic (exact) mass is 408 g/mol. The minimum atomic E-state index is -1.00. The Bertz CT molecular complexity index is 1000. The first-order valence-electron chi connectivity index (χ1n) is 10.4. The van der Waals surface area contributed by atoms with Crippen LogP contribution in [0.4, 0.5) is 10.5 Å². The molecular formula is C22H24N4O4. The van der Waals surface area contributed by atoms with Crippen molar-refractivity contribution in [3.8, 4) is 0 Å². The summed E-state index contributed by atoms with van der Waals surface area (Å²) in [5.74, 6) is 0.0485. The molecule has 8 nitrogen and oxygen atoms in total. The number of ketones is 2. The van der Waals surface area contributed by atoms with Crippen molar-refractivity contribution in [1.82, 2.24) is 14.7 Å². The van der Waals surface area contributed by atoms with Gasteiger partial charge in [0.1, 0.15) is 11.4 Å². The lowest BCUT2D eigenvalue weighted by Gasteiger charge is -2.21. The van der Waals surface area contributed by atoms with E-state index < -0.39 is 6.09 Å². The fraction of sp³-hybridized carbons (Fsp3) is 0.409. The molecule has 0 bridgehead atoms. The van der Waals surface area contributed by atoms with Crippen LogP contribution in [0.2, 0.25) is 0 Å². The average molecular weight is 408 g/mol. The van der Waals surface area contributed by atoms with Gasteiger partial charge >= 0.3 is 6.09 Å². The van der Waals surface area contributed by atoms with E-state index in [1.54, 1.807) is 0 Å². The summed E-state index contributed by atoms with van der Waals surface area (Å²) < 4.78 is 0. The second-order valence-corrected chi connectivity index (χ2v) is 8.15. The topological polar surface area (TPSA) is 92.5 Å². The zero-order valence-electron chi connectivity index (χ0n) is 16.7. The Morgan fingerprint density at radius 1 is 0.867 bits per heavy atom. The van der Waals surface area contributed by atoms with Crippen molar-refractivity contribution in [2.45, 2.75) is 19.3 Å². The number of carbonyl (C=O) groups excluding carboxylic acids is 2. The van der Waals surface area contributed by atoms with Crippen LogP contribution in [-0.2, 0) is 22.4 Å². The number of benzene rings is 1. The number of carboxylic acid groups (broad SMARTS) is 1. The van der Waals surface area contributed by atoms with Gasteiger partial charge in [-0.15, -0.1) is 0 Å². The average Bonchev–Trinajstić information content (AvgIpc) is 3.57. The number of nitrogens with zero attached hydrogens (tertiary/aromatic N) is 3. The van der Waals surface area contributed by atoms with Gasteiger partial charge in [-0.2, -0.15) is 0 Å². The molecule has 1 aromatic rings. The number of amides is 1. The highest BCUT2D eigenvalue weighted by Gasteiger charge is 2.43. The minimum absolute atomic E-state index is 0.00546. The molecule has 3 aliphatic heterocycles. The molecule has 0 spiro atoms. The molecular weight excluding hydrogens is 384 g/mol. The molecule has 30 heavy (non-hydrogen) atoms. The van der Waals surface area contributed by atoms with E-state index in [0.29, 0.717) is 22.8 Å². The van der Waals surface area contributed by atoms with Crippen LogP contribution in [0.3, 0.4) is 0 Å². The first-order valence-corrected chi connectivity index (χ1v) is 10.4. The van der Waals surface area contributed by atoms with Crippen LogP contribution in [0.5, 0.6) is 0 Å². The van der Waals surface area contributed by atoms with E-state index in [2.05, 4.69) is 5.32 Å². The molecule has 2 aliphatic carbocycles. The smallest absolute Gasteiger partial charge is 0.409 e. The summed E-state index contributed by atoms with van der Waals surface area (Å²) in [5.41, 5.74) is 5.20. The van der Waals surface area contributed by atoms with Crippen molar-refractivity contribution in [3.05, 3.63) is 52.5 Å². The van der Waals surface area contributed by atoms with Crippen LogP contribution in [-0.4, -0.2) is 76.7 Å². The Morgan fingerprint density at radius 3 is 2.13 bits per heavy atom. The highest BCUT2D eigenvalue weighted by Crippen LogP contribution is 2.34. The van der Waals surface area contributed by atoms with Crippen LogP contribution >= 0.6 is 0 Å². The van der Waals surface area contributed by atoms with E-state index in [0.717, 1.165) is 52.1 Å². The third-order valence-electron chi connectivity index (χ3n) is 5.84. The number of hydrogen-bond acceptors (Lipinski definition) is 6. The number of anilines is 1. The Hall–Kier alpha value is -3.29. The van der Waals surface area contributed by atoms with E-state index >= 15 is 0 Å². The Morgan fingerprint density at radius 2 is 1.50 bits per heavy atom. The van der Waals surface area contributed by atoms with Crippen molar-refractivity contribution >= 4 is 23.3 Å². The molecule has 8 heteroatoms. The van der Waals surface area contributed by atoms with Gasteiger partial charge in [0.2, 0.25) is 11.6 Å². The summed E-state index contributed by atoms with van der Waals surface area (Å²) in [7, 11) is 0. The van der Waals surface area contributed by atoms with Gasteiger partial charge < -0.3 is 19.8 Å². The van der Waals surface area contributed by atoms with Gasteiger partial charge in [0.15, 0.2) is 0 Å². The Balaban J connectivity index is 0.000000134. The van der Waals surface area contributed by atoms with Gasteiger partial charge in [-0.25, -0.2) is 4.79 Å². The lowest BCUT2D eigenvalue weighted by atomic mass is 10.0. The van der Waals surface area contributed by atoms with Crippen molar-refractivity contribution in [1.29, 1.82) is 0 Å². The van der Waals surface area contributed by atoms with Gasteiger partial charge in [0.05, 0.1) is 5.70 Å². The molecule has 1 aromatic carbocycles. The molecule has 0 radical (unpaired) electrons. The predicted molar refractivity (Wildman–Crippen MR) is 110 cm³/mol. The number of Topliss-reactive ketones (excluding diaryl/α,β-unsaturated/α-hetero) is 1. The summed E-state index contributed by atoms with van der Waals surface area (Å²) in [5, 5.41) is 10.9. The fourth-order valence-corrected chi connectivity index (χ4v) is 4.05. The number of aryl methyl sites for hydroxylation is 2. The van der Waals surface area contributed by atoms with E-state index in [1.165, 1.54) is 23.6 Å². The molecule has 5 aliphatic rings. The molecule has 2 N–H and O–H groups in total. The largest absolute Gasteiger partial charge is 0.465 e. The summed E-state index contributed by atoms with van der Waals surface area (Å²) in [4.78, 5) is 40.8. The molecule has 0 aromatic heterocycles. The van der Waals surface area contributed by atoms with Crippen molar-refractivity contribution in [2.24, 2.45) is 0 Å². The van der Waals surface area contributed by atoms with Gasteiger partial charge in [-0.05, 0) is 42.5 Å². The van der Waals surface area contributed by atoms with Crippen molar-refractivity contribution in [2.75, 3.05) is 44.6 Å². The number of carbonyl (C=O) groups is 3. The van der Waals surface area contributed by atoms with Gasteiger partial charge in [-0.1, -0.05) is 6.07 Å². The third kappa shape index (κ3) is 3.77. The van der Waals surface area contributed by atoms with Crippen LogP contribution in [0, 0.1) is 0 Å². The second-order valence-electron chi connectivity index (χ2n) is 8.15. The van der Waals surface area contributed by atoms with E-state index in [-0.39, 0.29) is 11.6 Å². The van der Waals surface area contributed by atoms with E-state index in [1.807, 2.05) is 32.9 Å². The van der Waals surface area contributed by atoms with E-state index in [4.69, 9.17) is 5.11 Å².